The van der Waals surface area contributed by atoms with Crippen molar-refractivity contribution in [1.82, 2.24) is 0 Å². The molecule has 0 aliphatic rings. The molecule has 0 fully saturated rings. The van der Waals surface area contributed by atoms with Crippen molar-refractivity contribution in [2.75, 3.05) is 0 Å². The maximum atomic E-state index is 13.2. The van der Waals surface area contributed by atoms with Crippen molar-refractivity contribution in [2.45, 2.75) is 117 Å². The van der Waals surface area contributed by atoms with E-state index in [9.17, 15) is 9.42 Å². The monoisotopic (exact) mass is 504 g/mol. The van der Waals surface area contributed by atoms with Gasteiger partial charge in [-0.3, -0.25) is 4.52 Å². The number of benzene rings is 2. The van der Waals surface area contributed by atoms with Crippen LogP contribution in [0.25, 0.3) is 0 Å². The summed E-state index contributed by atoms with van der Waals surface area (Å²) in [6, 6.07) is 12.8. The van der Waals surface area contributed by atoms with Gasteiger partial charge in [0.15, 0.2) is 0 Å². The van der Waals surface area contributed by atoms with Gasteiger partial charge in [0.05, 0.1) is 0 Å². The fraction of sp³-hybridized carbons (Fsp3) is 0.600. The van der Waals surface area contributed by atoms with E-state index in [1.165, 1.54) is 11.1 Å². The second-order valence-corrected chi connectivity index (χ2v) is 14.7. The van der Waals surface area contributed by atoms with E-state index in [1.807, 2.05) is 6.92 Å². The van der Waals surface area contributed by atoms with E-state index in [1.54, 1.807) is 0 Å². The third-order valence-electron chi connectivity index (χ3n) is 6.73. The van der Waals surface area contributed by atoms with Crippen LogP contribution in [0.3, 0.4) is 0 Å². The Bertz CT molecular complexity index is 958. The zero-order chi connectivity index (χ0) is 27.2. The van der Waals surface area contributed by atoms with Crippen LogP contribution in [0.4, 0.5) is 4.53 Å². The molecule has 0 heterocycles. The molecule has 0 aliphatic carbocycles. The van der Waals surface area contributed by atoms with Gasteiger partial charge in [-0.2, -0.15) is 0 Å². The van der Waals surface area contributed by atoms with Gasteiger partial charge in [-0.15, -0.1) is 4.73 Å². The van der Waals surface area contributed by atoms with Crippen LogP contribution >= 0.6 is 8.60 Å². The van der Waals surface area contributed by atoms with E-state index >= 15 is 0 Å². The minimum Gasteiger partial charge on any atom is -0.326 e. The van der Waals surface area contributed by atoms with Crippen LogP contribution in [0, 0.1) is 0 Å². The van der Waals surface area contributed by atoms with Gasteiger partial charge in [0, 0.05) is 0 Å². The molecule has 1 unspecified atom stereocenters. The largest absolute Gasteiger partial charge is 0.367 e. The molecule has 0 spiro atoms. The number of hydrogen-bond acceptors (Lipinski definition) is 3. The average Bonchev–Trinajstić information content (AvgIpc) is 2.70. The lowest BCUT2D eigenvalue weighted by Gasteiger charge is -2.40. The SMILES string of the molecule is CC(C)(C)c1ccc(C(C)(OP(O)OF)c2ccc(C(C)(C)C)cc2C(C)(C)C)c(C(C)(C)C)c1. The van der Waals surface area contributed by atoms with Crippen molar-refractivity contribution in [3.63, 3.8) is 0 Å². The van der Waals surface area contributed by atoms with Crippen molar-refractivity contribution in [3.8, 4) is 0 Å². The molecule has 2 aromatic carbocycles. The molecule has 3 nitrogen and oxygen atoms in total. The molecule has 0 saturated heterocycles. The van der Waals surface area contributed by atoms with Gasteiger partial charge in [0.2, 0.25) is 0 Å². The maximum Gasteiger partial charge on any atom is 0.367 e. The van der Waals surface area contributed by atoms with Crippen molar-refractivity contribution in [2.24, 2.45) is 0 Å². The van der Waals surface area contributed by atoms with Crippen LogP contribution in [-0.4, -0.2) is 4.89 Å². The summed E-state index contributed by atoms with van der Waals surface area (Å²) < 4.78 is 23.1. The molecule has 0 radical (unpaired) electrons. The summed E-state index contributed by atoms with van der Waals surface area (Å²) in [6.45, 7) is 28.1. The zero-order valence-corrected chi connectivity index (χ0v) is 24.9. The molecule has 1 N–H and O–H groups in total. The Hall–Kier alpha value is -1.32. The van der Waals surface area contributed by atoms with Gasteiger partial charge in [0.25, 0.3) is 0 Å². The summed E-state index contributed by atoms with van der Waals surface area (Å²) in [7, 11) is -2.74. The lowest BCUT2D eigenvalue weighted by molar-refractivity contribution is -0.0445. The van der Waals surface area contributed by atoms with Crippen molar-refractivity contribution in [1.29, 1.82) is 0 Å². The number of halogens is 1. The van der Waals surface area contributed by atoms with Gasteiger partial charge in [-0.05, 0) is 66.5 Å². The van der Waals surface area contributed by atoms with Gasteiger partial charge in [-0.1, -0.05) is 119 Å². The summed E-state index contributed by atoms with van der Waals surface area (Å²) in [6.07, 6.45) is 0. The Morgan fingerprint density at radius 2 is 0.914 bits per heavy atom. The Balaban J connectivity index is 3.00. The van der Waals surface area contributed by atoms with Crippen molar-refractivity contribution < 1.29 is 18.7 Å². The van der Waals surface area contributed by atoms with E-state index in [4.69, 9.17) is 4.52 Å². The molecular formula is C30H46FO3P. The molecule has 0 saturated carbocycles. The van der Waals surface area contributed by atoms with E-state index in [0.717, 1.165) is 22.3 Å². The first-order valence-corrected chi connectivity index (χ1v) is 13.5. The minimum absolute atomic E-state index is 0.0354. The number of rotatable bonds is 5. The second-order valence-electron chi connectivity index (χ2n) is 14.0. The summed E-state index contributed by atoms with van der Waals surface area (Å²) >= 11 is 0. The quantitative estimate of drug-likeness (QED) is 0.412. The maximum absolute atomic E-state index is 13.2. The van der Waals surface area contributed by atoms with E-state index in [2.05, 4.69) is 124 Å². The van der Waals surface area contributed by atoms with E-state index < -0.39 is 14.2 Å². The van der Waals surface area contributed by atoms with Gasteiger partial charge in [-0.25, -0.2) is 0 Å². The first kappa shape index (κ1) is 29.9. The highest BCUT2D eigenvalue weighted by Gasteiger charge is 2.42. The minimum atomic E-state index is -2.74. The van der Waals surface area contributed by atoms with E-state index in [-0.39, 0.29) is 21.7 Å². The second kappa shape index (κ2) is 9.86. The van der Waals surface area contributed by atoms with Gasteiger partial charge in [0.1, 0.15) is 5.60 Å². The standard InChI is InChI=1S/C30H46FO3P/c1-26(2,3)20-14-16-22(24(18-20)28(7,8)9)30(13,33-35(32)34-31)23-17-15-21(27(4,5)6)19-25(23)29(10,11)12/h14-19,32H,1-13H3. The first-order valence-electron chi connectivity index (χ1n) is 12.4. The normalized spacial score (nSPS) is 14.8. The lowest BCUT2D eigenvalue weighted by atomic mass is 9.70. The Kier molecular flexibility index (Phi) is 8.42. The molecule has 5 heteroatoms. The highest BCUT2D eigenvalue weighted by molar-refractivity contribution is 7.40. The molecule has 2 aromatic rings. The van der Waals surface area contributed by atoms with Gasteiger partial charge < -0.3 is 4.89 Å². The Morgan fingerprint density at radius 3 is 1.17 bits per heavy atom. The smallest absolute Gasteiger partial charge is 0.326 e. The van der Waals surface area contributed by atoms with Crippen molar-refractivity contribution >= 4 is 8.60 Å². The third kappa shape index (κ3) is 6.72. The lowest BCUT2D eigenvalue weighted by Crippen LogP contribution is -2.34. The van der Waals surface area contributed by atoms with E-state index in [0.29, 0.717) is 0 Å². The highest BCUT2D eigenvalue weighted by atomic mass is 31.2. The van der Waals surface area contributed by atoms with Gasteiger partial charge >= 0.3 is 8.60 Å². The van der Waals surface area contributed by atoms with Crippen LogP contribution in [0.15, 0.2) is 36.4 Å². The predicted molar refractivity (Wildman–Crippen MR) is 147 cm³/mol. The zero-order valence-electron chi connectivity index (χ0n) is 24.1. The molecule has 2 rings (SSSR count). The van der Waals surface area contributed by atoms with Crippen molar-refractivity contribution in [3.05, 3.63) is 69.8 Å². The summed E-state index contributed by atoms with van der Waals surface area (Å²) in [5.74, 6) is 0. The summed E-state index contributed by atoms with van der Waals surface area (Å²) in [5.41, 5.74) is 4.73. The molecule has 1 atom stereocenters. The molecule has 0 amide bonds. The Morgan fingerprint density at radius 1 is 0.571 bits per heavy atom. The molecule has 0 bridgehead atoms. The van der Waals surface area contributed by atoms with Crippen LogP contribution in [0.1, 0.15) is 123 Å². The van der Waals surface area contributed by atoms with Crippen LogP contribution < -0.4 is 0 Å². The fourth-order valence-corrected chi connectivity index (χ4v) is 5.05. The average molecular weight is 505 g/mol. The van der Waals surface area contributed by atoms with Crippen LogP contribution in [0.5, 0.6) is 0 Å². The molecule has 0 aromatic heterocycles. The number of hydrogen-bond donors (Lipinski definition) is 1. The molecular weight excluding hydrogens is 458 g/mol. The van der Waals surface area contributed by atoms with Crippen LogP contribution in [-0.2, 0) is 36.5 Å². The fourth-order valence-electron chi connectivity index (χ4n) is 4.51. The first-order chi connectivity index (χ1) is 15.6. The topological polar surface area (TPSA) is 38.7 Å². The van der Waals surface area contributed by atoms with Crippen LogP contribution in [0.2, 0.25) is 0 Å². The Labute approximate surface area is 214 Å². The molecule has 0 aliphatic heterocycles. The molecule has 196 valence electrons. The molecule has 35 heavy (non-hydrogen) atoms. The third-order valence-corrected chi connectivity index (χ3v) is 7.37. The summed E-state index contributed by atoms with van der Waals surface area (Å²) in [4.78, 5) is 10.3. The highest BCUT2D eigenvalue weighted by Crippen LogP contribution is 2.51. The summed E-state index contributed by atoms with van der Waals surface area (Å²) in [5, 5.41) is 0. The predicted octanol–water partition coefficient (Wildman–Crippen LogP) is 9.28.